The molecule has 0 radical (unpaired) electrons. The van der Waals surface area contributed by atoms with Gasteiger partial charge in [-0.2, -0.15) is 0 Å². The third-order valence-electron chi connectivity index (χ3n) is 3.40. The van der Waals surface area contributed by atoms with Crippen LogP contribution < -0.4 is 5.32 Å². The molecule has 106 valence electrons. The van der Waals surface area contributed by atoms with Gasteiger partial charge in [0.05, 0.1) is 12.1 Å². The highest BCUT2D eigenvalue weighted by atomic mass is 19.1. The zero-order chi connectivity index (χ0) is 14.5. The summed E-state index contributed by atoms with van der Waals surface area (Å²) in [5.41, 5.74) is 2.65. The van der Waals surface area contributed by atoms with Crippen LogP contribution in [0.15, 0.2) is 48.5 Å². The molecule has 2 rings (SSSR count). The van der Waals surface area contributed by atoms with Crippen molar-refractivity contribution in [3.8, 4) is 0 Å². The van der Waals surface area contributed by atoms with E-state index >= 15 is 0 Å². The van der Waals surface area contributed by atoms with Crippen LogP contribution in [-0.4, -0.2) is 5.11 Å². The number of nitrogens with one attached hydrogen (secondary N) is 1. The molecule has 0 aliphatic rings. The summed E-state index contributed by atoms with van der Waals surface area (Å²) in [5, 5.41) is 13.2. The van der Waals surface area contributed by atoms with Crippen LogP contribution in [0.4, 0.5) is 10.1 Å². The van der Waals surface area contributed by atoms with Crippen molar-refractivity contribution in [3.63, 3.8) is 0 Å². The minimum absolute atomic E-state index is 0.0191. The van der Waals surface area contributed by atoms with Crippen LogP contribution in [0.2, 0.25) is 0 Å². The predicted molar refractivity (Wildman–Crippen MR) is 80.1 cm³/mol. The molecular formula is C17H20FNO. The van der Waals surface area contributed by atoms with E-state index < -0.39 is 6.10 Å². The molecule has 2 aromatic carbocycles. The summed E-state index contributed by atoms with van der Waals surface area (Å²) in [5.74, 6) is -0.230. The van der Waals surface area contributed by atoms with E-state index in [0.717, 1.165) is 23.2 Å². The molecule has 20 heavy (non-hydrogen) atoms. The SMILES string of the molecule is CCC(Nc1ccccc1C(C)O)c1cccc(F)c1. The highest BCUT2D eigenvalue weighted by Crippen LogP contribution is 2.28. The van der Waals surface area contributed by atoms with E-state index in [9.17, 15) is 9.50 Å². The molecule has 2 unspecified atom stereocenters. The summed E-state index contributed by atoms with van der Waals surface area (Å²) in [7, 11) is 0. The van der Waals surface area contributed by atoms with E-state index in [2.05, 4.69) is 5.32 Å². The first-order chi connectivity index (χ1) is 9.61. The zero-order valence-corrected chi connectivity index (χ0v) is 11.8. The van der Waals surface area contributed by atoms with Crippen molar-refractivity contribution in [2.24, 2.45) is 0 Å². The maximum absolute atomic E-state index is 13.3. The molecule has 2 N–H and O–H groups in total. The van der Waals surface area contributed by atoms with E-state index in [4.69, 9.17) is 0 Å². The maximum Gasteiger partial charge on any atom is 0.123 e. The van der Waals surface area contributed by atoms with Gasteiger partial charge in [-0.05, 0) is 37.1 Å². The Balaban J connectivity index is 2.27. The lowest BCUT2D eigenvalue weighted by molar-refractivity contribution is 0.200. The second kappa shape index (κ2) is 6.53. The van der Waals surface area contributed by atoms with Gasteiger partial charge in [-0.1, -0.05) is 37.3 Å². The van der Waals surface area contributed by atoms with Crippen LogP contribution in [0.25, 0.3) is 0 Å². The second-order valence-electron chi connectivity index (χ2n) is 4.92. The molecule has 0 saturated heterocycles. The van der Waals surface area contributed by atoms with E-state index in [0.29, 0.717) is 0 Å². The molecule has 0 aromatic heterocycles. The molecule has 0 amide bonds. The number of hydrogen-bond donors (Lipinski definition) is 2. The first-order valence-electron chi connectivity index (χ1n) is 6.90. The van der Waals surface area contributed by atoms with Crippen molar-refractivity contribution in [2.75, 3.05) is 5.32 Å². The average molecular weight is 273 g/mol. The molecule has 2 nitrogen and oxygen atoms in total. The Morgan fingerprint density at radius 1 is 1.15 bits per heavy atom. The lowest BCUT2D eigenvalue weighted by Crippen LogP contribution is -2.12. The van der Waals surface area contributed by atoms with Gasteiger partial charge >= 0.3 is 0 Å². The first-order valence-corrected chi connectivity index (χ1v) is 6.90. The third-order valence-corrected chi connectivity index (χ3v) is 3.40. The highest BCUT2D eigenvalue weighted by molar-refractivity contribution is 5.53. The van der Waals surface area contributed by atoms with Gasteiger partial charge in [0.1, 0.15) is 5.82 Å². The van der Waals surface area contributed by atoms with Crippen molar-refractivity contribution in [1.82, 2.24) is 0 Å². The van der Waals surface area contributed by atoms with Gasteiger partial charge in [-0.3, -0.25) is 0 Å². The van der Waals surface area contributed by atoms with Gasteiger partial charge in [0.25, 0.3) is 0 Å². The molecule has 0 bridgehead atoms. The molecular weight excluding hydrogens is 253 g/mol. The van der Waals surface area contributed by atoms with Crippen LogP contribution in [0.1, 0.15) is 43.5 Å². The number of halogens is 1. The molecule has 0 fully saturated rings. The van der Waals surface area contributed by atoms with E-state index in [1.807, 2.05) is 37.3 Å². The summed E-state index contributed by atoms with van der Waals surface area (Å²) in [4.78, 5) is 0. The van der Waals surface area contributed by atoms with Crippen LogP contribution >= 0.6 is 0 Å². The number of benzene rings is 2. The normalized spacial score (nSPS) is 13.8. The summed E-state index contributed by atoms with van der Waals surface area (Å²) >= 11 is 0. The second-order valence-corrected chi connectivity index (χ2v) is 4.92. The van der Waals surface area contributed by atoms with Crippen LogP contribution in [0.5, 0.6) is 0 Å². The van der Waals surface area contributed by atoms with Gasteiger partial charge in [0, 0.05) is 11.3 Å². The Bertz CT molecular complexity index is 568. The molecule has 0 saturated carbocycles. The highest BCUT2D eigenvalue weighted by Gasteiger charge is 2.13. The van der Waals surface area contributed by atoms with Gasteiger partial charge in [-0.15, -0.1) is 0 Å². The standard InChI is InChI=1S/C17H20FNO/c1-3-16(13-7-6-8-14(18)11-13)19-17-10-5-4-9-15(17)12(2)20/h4-12,16,19-20H,3H2,1-2H3. The van der Waals surface area contributed by atoms with E-state index in [1.54, 1.807) is 19.1 Å². The van der Waals surface area contributed by atoms with Gasteiger partial charge in [0.2, 0.25) is 0 Å². The minimum atomic E-state index is -0.538. The molecule has 3 heteroatoms. The van der Waals surface area contributed by atoms with Crippen molar-refractivity contribution in [1.29, 1.82) is 0 Å². The fourth-order valence-electron chi connectivity index (χ4n) is 2.32. The number of para-hydroxylation sites is 1. The van der Waals surface area contributed by atoms with Crippen molar-refractivity contribution >= 4 is 5.69 Å². The van der Waals surface area contributed by atoms with Crippen molar-refractivity contribution in [3.05, 3.63) is 65.5 Å². The maximum atomic E-state index is 13.3. The fraction of sp³-hybridized carbons (Fsp3) is 0.294. The molecule has 2 atom stereocenters. The van der Waals surface area contributed by atoms with Crippen molar-refractivity contribution < 1.29 is 9.50 Å². The molecule has 0 aliphatic heterocycles. The Morgan fingerprint density at radius 3 is 2.55 bits per heavy atom. The number of aliphatic hydroxyl groups excluding tert-OH is 1. The fourth-order valence-corrected chi connectivity index (χ4v) is 2.32. The van der Waals surface area contributed by atoms with Crippen molar-refractivity contribution in [2.45, 2.75) is 32.4 Å². The summed E-state index contributed by atoms with van der Waals surface area (Å²) in [6.07, 6.45) is 0.293. The summed E-state index contributed by atoms with van der Waals surface area (Å²) in [6, 6.07) is 14.3. The number of rotatable bonds is 5. The van der Waals surface area contributed by atoms with Gasteiger partial charge in [-0.25, -0.2) is 4.39 Å². The van der Waals surface area contributed by atoms with Crippen LogP contribution in [-0.2, 0) is 0 Å². The number of hydrogen-bond acceptors (Lipinski definition) is 2. The topological polar surface area (TPSA) is 32.3 Å². The lowest BCUT2D eigenvalue weighted by atomic mass is 10.0. The van der Waals surface area contributed by atoms with Crippen LogP contribution in [0.3, 0.4) is 0 Å². The molecule has 0 heterocycles. The average Bonchev–Trinajstić information content (AvgIpc) is 2.45. The quantitative estimate of drug-likeness (QED) is 0.844. The third kappa shape index (κ3) is 3.36. The van der Waals surface area contributed by atoms with E-state index in [-0.39, 0.29) is 11.9 Å². The molecule has 0 spiro atoms. The van der Waals surface area contributed by atoms with Gasteiger partial charge in [0.15, 0.2) is 0 Å². The Labute approximate surface area is 119 Å². The summed E-state index contributed by atoms with van der Waals surface area (Å²) in [6.45, 7) is 3.79. The zero-order valence-electron chi connectivity index (χ0n) is 11.8. The molecule has 0 aliphatic carbocycles. The first kappa shape index (κ1) is 14.5. The number of aliphatic hydroxyl groups is 1. The number of anilines is 1. The Hall–Kier alpha value is -1.87. The van der Waals surface area contributed by atoms with E-state index in [1.165, 1.54) is 6.07 Å². The minimum Gasteiger partial charge on any atom is -0.389 e. The van der Waals surface area contributed by atoms with Gasteiger partial charge < -0.3 is 10.4 Å². The monoisotopic (exact) mass is 273 g/mol. The largest absolute Gasteiger partial charge is 0.389 e. The molecule has 2 aromatic rings. The van der Waals surface area contributed by atoms with Crippen LogP contribution in [0, 0.1) is 5.82 Å². The smallest absolute Gasteiger partial charge is 0.123 e. The predicted octanol–water partition coefficient (Wildman–Crippen LogP) is 4.44. The Kier molecular flexibility index (Phi) is 4.74. The summed E-state index contributed by atoms with van der Waals surface area (Å²) < 4.78 is 13.3. The Morgan fingerprint density at radius 2 is 1.90 bits per heavy atom. The lowest BCUT2D eigenvalue weighted by Gasteiger charge is -2.22.